The van der Waals surface area contributed by atoms with Crippen LogP contribution in [0, 0.1) is 0 Å². The van der Waals surface area contributed by atoms with Gasteiger partial charge in [0.25, 0.3) is 0 Å². The van der Waals surface area contributed by atoms with E-state index in [1.54, 1.807) is 0 Å². The first kappa shape index (κ1) is 77.0. The summed E-state index contributed by atoms with van der Waals surface area (Å²) in [7, 11) is 2.07. The van der Waals surface area contributed by atoms with E-state index in [4.69, 9.17) is 24.2 Å². The maximum atomic E-state index is 6.44. The molecule has 9 rings (SSSR count). The van der Waals surface area contributed by atoms with Gasteiger partial charge in [0.15, 0.2) is 12.4 Å². The van der Waals surface area contributed by atoms with Crippen LogP contribution in [0.3, 0.4) is 0 Å². The first-order valence-corrected chi connectivity index (χ1v) is 40.8. The molecule has 0 fully saturated rings. The maximum Gasteiger partial charge on any atom is 0.169 e. The van der Waals surface area contributed by atoms with Crippen molar-refractivity contribution in [2.24, 2.45) is 7.05 Å². The molecule has 4 aromatic heterocycles. The van der Waals surface area contributed by atoms with Gasteiger partial charge in [-0.1, -0.05) is 308 Å². The highest BCUT2D eigenvalue weighted by Gasteiger charge is 2.21. The molecular formula is C92H128N5O3+. The Balaban J connectivity index is 0.951. The zero-order valence-electron chi connectivity index (χ0n) is 62.7. The van der Waals surface area contributed by atoms with E-state index in [-0.39, 0.29) is 0 Å². The molecule has 0 saturated carbocycles. The Hall–Kier alpha value is -7.19. The normalized spacial score (nSPS) is 11.9. The highest BCUT2D eigenvalue weighted by molar-refractivity contribution is 6.00. The number of aryl methyl sites for hydroxylation is 1. The van der Waals surface area contributed by atoms with Crippen LogP contribution in [0.25, 0.3) is 90.9 Å². The minimum Gasteiger partial charge on any atom is -0.494 e. The molecular weight excluding hydrogens is 1220 g/mol. The van der Waals surface area contributed by atoms with Gasteiger partial charge in [0.1, 0.15) is 24.3 Å². The molecule has 3 aromatic carbocycles. The van der Waals surface area contributed by atoms with Crippen LogP contribution in [-0.4, -0.2) is 39.8 Å². The van der Waals surface area contributed by atoms with Gasteiger partial charge in [-0.3, -0.25) is 0 Å². The molecule has 6 heterocycles. The van der Waals surface area contributed by atoms with Crippen LogP contribution in [0.4, 0.5) is 0 Å². The first-order chi connectivity index (χ1) is 49.5. The van der Waals surface area contributed by atoms with Crippen molar-refractivity contribution in [1.82, 2.24) is 19.9 Å². The molecule has 538 valence electrons. The van der Waals surface area contributed by atoms with Gasteiger partial charge >= 0.3 is 0 Å². The summed E-state index contributed by atoms with van der Waals surface area (Å²) < 4.78 is 21.4. The highest BCUT2D eigenvalue weighted by Crippen LogP contribution is 2.40. The number of aromatic amines is 2. The van der Waals surface area contributed by atoms with E-state index in [2.05, 4.69) is 188 Å². The number of aromatic nitrogens is 5. The zero-order valence-corrected chi connectivity index (χ0v) is 62.7. The largest absolute Gasteiger partial charge is 0.494 e. The molecule has 2 aliphatic heterocycles. The van der Waals surface area contributed by atoms with Crippen LogP contribution >= 0.6 is 0 Å². The Morgan fingerprint density at radius 1 is 0.250 bits per heavy atom. The standard InChI is InChI=1S/C92H127N5O3/c1-5-8-11-14-17-20-23-26-29-32-35-38-41-44-71-98-78-53-47-74(48-54-78)89-81-59-61-83(93-81)90(75-49-55-79(56-50-75)99-72-45-42-39-36-33-30-27-24-21-18-15-12-9-6-2)85-63-65-87(95-85)92(77-67-69-97(4)70-68-77)88-66-64-86(96-88)91(84-62-60-82(89)94-84)76-51-57-80(58-52-76)100-73-46-43-40-37-34-31-28-25-22-19-16-13-10-7-3/h47-70H,5-46,71-73H2,1-4H3,(H,93,94,95,96)/p+1. The second-order valence-electron chi connectivity index (χ2n) is 29.2. The molecule has 0 radical (unpaired) electrons. The van der Waals surface area contributed by atoms with Crippen molar-refractivity contribution in [3.05, 3.63) is 144 Å². The Bertz CT molecular complexity index is 3450. The first-order valence-electron chi connectivity index (χ1n) is 40.8. The number of hydrogen-bond donors (Lipinski definition) is 2. The second kappa shape index (κ2) is 45.6. The van der Waals surface area contributed by atoms with Crippen LogP contribution in [0.5, 0.6) is 17.2 Å². The van der Waals surface area contributed by atoms with Crippen LogP contribution < -0.4 is 18.8 Å². The Labute approximate surface area is 605 Å². The molecule has 0 aliphatic carbocycles. The number of nitrogens with one attached hydrogen (secondary N) is 2. The fourth-order valence-electron chi connectivity index (χ4n) is 14.7. The summed E-state index contributed by atoms with van der Waals surface area (Å²) in [5, 5.41) is 0. The number of pyridine rings is 1. The molecule has 0 amide bonds. The van der Waals surface area contributed by atoms with E-state index in [0.717, 1.165) is 146 Å². The summed E-state index contributed by atoms with van der Waals surface area (Å²) in [6, 6.07) is 39.3. The van der Waals surface area contributed by atoms with Crippen LogP contribution in [0.1, 0.15) is 313 Å². The SMILES string of the molecule is CCCCCCCCCCCCCCCCOc1ccc(-c2c3nc(c(-c4ccc(OCCCCCCCCCCCCCCCC)cc4)c4ccc([nH]4)c(-c4cc[n+](C)cc4)c4ccc([nH]4)c(-c4ccc(OCCCCCCCCCCCCCCCC)cc4)c4nc2C=C4)C=C3)cc1. The number of fused-ring (bicyclic) bond motifs is 8. The Kier molecular flexibility index (Phi) is 35.1. The molecule has 8 nitrogen and oxygen atoms in total. The van der Waals surface area contributed by atoms with Gasteiger partial charge in [0.05, 0.1) is 42.6 Å². The predicted molar refractivity (Wildman–Crippen MR) is 429 cm³/mol. The highest BCUT2D eigenvalue weighted by atomic mass is 16.5. The minimum absolute atomic E-state index is 0.718. The van der Waals surface area contributed by atoms with E-state index >= 15 is 0 Å². The van der Waals surface area contributed by atoms with Gasteiger partial charge in [0, 0.05) is 56.5 Å². The second-order valence-corrected chi connectivity index (χ2v) is 29.2. The summed E-state index contributed by atoms with van der Waals surface area (Å²) in [5.41, 5.74) is 15.7. The fourth-order valence-corrected chi connectivity index (χ4v) is 14.7. The number of unbranched alkanes of at least 4 members (excludes halogenated alkanes) is 39. The van der Waals surface area contributed by atoms with Crippen LogP contribution in [-0.2, 0) is 7.05 Å². The molecule has 8 bridgehead atoms. The smallest absolute Gasteiger partial charge is 0.169 e. The van der Waals surface area contributed by atoms with Crippen molar-refractivity contribution in [3.63, 3.8) is 0 Å². The zero-order chi connectivity index (χ0) is 69.3. The van der Waals surface area contributed by atoms with Crippen molar-refractivity contribution in [1.29, 1.82) is 0 Å². The van der Waals surface area contributed by atoms with Crippen molar-refractivity contribution >= 4 is 46.4 Å². The lowest BCUT2D eigenvalue weighted by Gasteiger charge is -2.10. The van der Waals surface area contributed by atoms with Gasteiger partial charge in [-0.25, -0.2) is 14.5 Å². The van der Waals surface area contributed by atoms with Crippen molar-refractivity contribution in [2.45, 2.75) is 290 Å². The van der Waals surface area contributed by atoms with E-state index in [0.29, 0.717) is 0 Å². The van der Waals surface area contributed by atoms with Gasteiger partial charge < -0.3 is 24.2 Å². The van der Waals surface area contributed by atoms with E-state index in [9.17, 15) is 0 Å². The molecule has 0 atom stereocenters. The van der Waals surface area contributed by atoms with Crippen molar-refractivity contribution in [3.8, 4) is 61.8 Å². The lowest BCUT2D eigenvalue weighted by molar-refractivity contribution is -0.671. The Morgan fingerprint density at radius 2 is 0.470 bits per heavy atom. The lowest BCUT2D eigenvalue weighted by Crippen LogP contribution is -2.25. The van der Waals surface area contributed by atoms with Gasteiger partial charge in [-0.15, -0.1) is 0 Å². The van der Waals surface area contributed by atoms with Crippen molar-refractivity contribution < 1.29 is 18.8 Å². The number of benzene rings is 3. The minimum atomic E-state index is 0.718. The molecule has 2 N–H and O–H groups in total. The summed E-state index contributed by atoms with van der Waals surface area (Å²) in [5.74, 6) is 2.67. The summed E-state index contributed by atoms with van der Waals surface area (Å²) in [4.78, 5) is 19.2. The predicted octanol–water partition coefficient (Wildman–Crippen LogP) is 27.7. The van der Waals surface area contributed by atoms with Gasteiger partial charge in [0.2, 0.25) is 0 Å². The molecule has 0 unspecified atom stereocenters. The van der Waals surface area contributed by atoms with E-state index in [1.807, 2.05) is 0 Å². The number of hydrogen-bond acceptors (Lipinski definition) is 5. The summed E-state index contributed by atoms with van der Waals surface area (Å²) in [6.07, 6.45) is 69.3. The molecule has 7 aromatic rings. The van der Waals surface area contributed by atoms with Gasteiger partial charge in [-0.05, 0) is 126 Å². The van der Waals surface area contributed by atoms with Gasteiger partial charge in [-0.2, -0.15) is 0 Å². The maximum absolute atomic E-state index is 6.44. The lowest BCUT2D eigenvalue weighted by atomic mass is 10.0. The van der Waals surface area contributed by atoms with Crippen LogP contribution in [0.15, 0.2) is 122 Å². The molecule has 100 heavy (non-hydrogen) atoms. The average Bonchev–Trinajstić information content (AvgIpc) is 1.62. The monoisotopic (exact) mass is 1350 g/mol. The number of H-pyrrole nitrogens is 2. The van der Waals surface area contributed by atoms with Crippen molar-refractivity contribution in [2.75, 3.05) is 19.8 Å². The quantitative estimate of drug-likeness (QED) is 0.0293. The van der Waals surface area contributed by atoms with E-state index in [1.165, 1.54) is 250 Å². The number of nitrogens with zero attached hydrogens (tertiary/aromatic N) is 3. The summed E-state index contributed by atoms with van der Waals surface area (Å²) in [6.45, 7) is 9.06. The fraction of sp³-hybridized carbons (Fsp3) is 0.533. The molecule has 2 aliphatic rings. The summed E-state index contributed by atoms with van der Waals surface area (Å²) >= 11 is 0. The third kappa shape index (κ3) is 26.0. The number of ether oxygens (including phenoxy) is 3. The third-order valence-electron chi connectivity index (χ3n) is 20.7. The average molecular weight is 1350 g/mol. The third-order valence-corrected chi connectivity index (χ3v) is 20.7. The molecule has 0 saturated heterocycles. The van der Waals surface area contributed by atoms with E-state index < -0.39 is 0 Å². The number of rotatable bonds is 52. The molecule has 8 heteroatoms. The Morgan fingerprint density at radius 3 is 0.740 bits per heavy atom. The molecule has 0 spiro atoms. The van der Waals surface area contributed by atoms with Crippen LogP contribution in [0.2, 0.25) is 0 Å². The topological polar surface area (TPSA) is 88.9 Å².